The van der Waals surface area contributed by atoms with Gasteiger partial charge in [-0.3, -0.25) is 9.59 Å². The third-order valence-electron chi connectivity index (χ3n) is 6.56. The molecule has 0 aliphatic carbocycles. The van der Waals surface area contributed by atoms with Crippen molar-refractivity contribution in [2.75, 3.05) is 31.3 Å². The van der Waals surface area contributed by atoms with Gasteiger partial charge in [0.15, 0.2) is 5.13 Å². The third kappa shape index (κ3) is 4.78. The Bertz CT molecular complexity index is 1270. The van der Waals surface area contributed by atoms with Crippen LogP contribution in [0.2, 0.25) is 0 Å². The Morgan fingerprint density at radius 1 is 1.43 bits per heavy atom. The lowest BCUT2D eigenvalue weighted by Gasteiger charge is -2.35. The first-order valence-corrected chi connectivity index (χ1v) is 12.7. The monoisotopic (exact) mass is 497 g/mol. The molecule has 0 bridgehead atoms. The maximum atomic E-state index is 12.6. The molecule has 1 saturated heterocycles. The summed E-state index contributed by atoms with van der Waals surface area (Å²) in [4.78, 5) is 36.2. The molecule has 3 aromatic rings. The Hall–Kier alpha value is -2.95. The van der Waals surface area contributed by atoms with Crippen molar-refractivity contribution in [3.05, 3.63) is 46.1 Å². The number of aromatic amines is 1. The van der Waals surface area contributed by atoms with Crippen LogP contribution in [0.15, 0.2) is 24.4 Å². The summed E-state index contributed by atoms with van der Waals surface area (Å²) >= 11 is 1.46. The highest BCUT2D eigenvalue weighted by Crippen LogP contribution is 2.34. The number of fused-ring (bicyclic) bond motifs is 2. The second kappa shape index (κ2) is 9.25. The minimum atomic E-state index is -0.302. The van der Waals surface area contributed by atoms with E-state index >= 15 is 0 Å². The van der Waals surface area contributed by atoms with Gasteiger partial charge in [0.1, 0.15) is 4.88 Å². The summed E-state index contributed by atoms with van der Waals surface area (Å²) in [5, 5.41) is 17.0. The normalized spacial score (nSPS) is 20.4. The second-order valence-electron chi connectivity index (χ2n) is 10.0. The first-order chi connectivity index (χ1) is 16.7. The molecule has 0 saturated carbocycles. The van der Waals surface area contributed by atoms with Crippen LogP contribution < -0.4 is 15.5 Å². The molecular weight excluding hydrogens is 466 g/mol. The van der Waals surface area contributed by atoms with Gasteiger partial charge in [0.05, 0.1) is 31.6 Å². The standard InChI is InChI=1S/C25H31N5O4S/c1-14(12-31)27-22(32)15-4-5-18-16(11-26-19(18)9-15)8-17-13-34-7-6-30(17)24-28-20-10-25(2,3)29-23(33)21(20)35-24/h4-5,9,11,14,17,26,31H,6-8,10,12-13H2,1-3H3,(H,27,32)(H,29,33)/t14?,17-/m0/s1. The van der Waals surface area contributed by atoms with E-state index in [1.54, 1.807) is 6.92 Å². The number of hydrogen-bond acceptors (Lipinski definition) is 7. The first-order valence-electron chi connectivity index (χ1n) is 11.9. The van der Waals surface area contributed by atoms with Crippen molar-refractivity contribution in [2.24, 2.45) is 0 Å². The van der Waals surface area contributed by atoms with Crippen LogP contribution in [0.4, 0.5) is 5.13 Å². The number of amides is 2. The zero-order chi connectivity index (χ0) is 24.7. The molecular formula is C25H31N5O4S. The van der Waals surface area contributed by atoms with Gasteiger partial charge in [-0.05, 0) is 44.9 Å². The van der Waals surface area contributed by atoms with Gasteiger partial charge in [-0.25, -0.2) is 4.98 Å². The van der Waals surface area contributed by atoms with Gasteiger partial charge in [-0.15, -0.1) is 0 Å². The predicted molar refractivity (Wildman–Crippen MR) is 135 cm³/mol. The van der Waals surface area contributed by atoms with Crippen LogP contribution in [-0.4, -0.2) is 70.9 Å². The Kier molecular flexibility index (Phi) is 6.29. The van der Waals surface area contributed by atoms with Crippen LogP contribution in [-0.2, 0) is 17.6 Å². The molecule has 4 heterocycles. The van der Waals surface area contributed by atoms with Gasteiger partial charge in [-0.2, -0.15) is 0 Å². The molecule has 1 unspecified atom stereocenters. The van der Waals surface area contributed by atoms with E-state index in [1.165, 1.54) is 11.3 Å². The molecule has 1 fully saturated rings. The van der Waals surface area contributed by atoms with Gasteiger partial charge < -0.3 is 30.4 Å². The Morgan fingerprint density at radius 2 is 2.26 bits per heavy atom. The maximum absolute atomic E-state index is 12.6. The molecule has 35 heavy (non-hydrogen) atoms. The number of ether oxygens (including phenoxy) is 1. The summed E-state index contributed by atoms with van der Waals surface area (Å²) in [5.41, 5.74) is 3.14. The third-order valence-corrected chi connectivity index (χ3v) is 7.70. The SMILES string of the molecule is CC(CO)NC(=O)c1ccc2c(C[C@H]3COCCN3c3nc4c(s3)C(=O)NC(C)(C)C4)c[nH]c2c1. The molecule has 0 spiro atoms. The number of rotatable bonds is 6. The number of morpholine rings is 1. The topological polar surface area (TPSA) is 120 Å². The number of nitrogens with one attached hydrogen (secondary N) is 3. The van der Waals surface area contributed by atoms with Crippen molar-refractivity contribution in [1.29, 1.82) is 0 Å². The first kappa shape index (κ1) is 23.8. The number of anilines is 1. The number of nitrogens with zero attached hydrogens (tertiary/aromatic N) is 2. The van der Waals surface area contributed by atoms with E-state index in [-0.39, 0.29) is 36.0 Å². The van der Waals surface area contributed by atoms with E-state index in [2.05, 4.69) is 20.5 Å². The number of aromatic nitrogens is 2. The lowest BCUT2D eigenvalue weighted by Crippen LogP contribution is -2.48. The highest BCUT2D eigenvalue weighted by Gasteiger charge is 2.35. The molecule has 1 aromatic carbocycles. The van der Waals surface area contributed by atoms with Gasteiger partial charge in [0.2, 0.25) is 0 Å². The fourth-order valence-corrected chi connectivity index (χ4v) is 5.84. The summed E-state index contributed by atoms with van der Waals surface area (Å²) in [5.74, 6) is -0.258. The number of thiazole rings is 1. The van der Waals surface area contributed by atoms with Gasteiger partial charge in [0.25, 0.3) is 11.8 Å². The van der Waals surface area contributed by atoms with Crippen LogP contribution in [0.3, 0.4) is 0 Å². The van der Waals surface area contributed by atoms with Crippen molar-refractivity contribution < 1.29 is 19.4 Å². The summed E-state index contributed by atoms with van der Waals surface area (Å²) in [7, 11) is 0. The summed E-state index contributed by atoms with van der Waals surface area (Å²) < 4.78 is 5.82. The van der Waals surface area contributed by atoms with Crippen molar-refractivity contribution >= 4 is 39.2 Å². The minimum Gasteiger partial charge on any atom is -0.394 e. The largest absolute Gasteiger partial charge is 0.394 e. The number of hydrogen-bond donors (Lipinski definition) is 4. The highest BCUT2D eigenvalue weighted by atomic mass is 32.1. The van der Waals surface area contributed by atoms with E-state index in [4.69, 9.17) is 9.72 Å². The average molecular weight is 498 g/mol. The molecule has 2 amide bonds. The van der Waals surface area contributed by atoms with Gasteiger partial charge >= 0.3 is 0 Å². The van der Waals surface area contributed by atoms with E-state index in [0.717, 1.165) is 46.7 Å². The molecule has 2 aliphatic rings. The highest BCUT2D eigenvalue weighted by molar-refractivity contribution is 7.17. The smallest absolute Gasteiger partial charge is 0.263 e. The fourth-order valence-electron chi connectivity index (χ4n) is 4.77. The molecule has 2 atom stereocenters. The molecule has 2 aliphatic heterocycles. The van der Waals surface area contributed by atoms with E-state index in [0.29, 0.717) is 23.7 Å². The molecule has 10 heteroatoms. The minimum absolute atomic E-state index is 0.0466. The molecule has 5 rings (SSSR count). The molecule has 0 radical (unpaired) electrons. The van der Waals surface area contributed by atoms with Crippen molar-refractivity contribution in [2.45, 2.75) is 51.2 Å². The predicted octanol–water partition coefficient (Wildman–Crippen LogP) is 2.25. The number of carbonyl (C=O) groups is 2. The Morgan fingerprint density at radius 3 is 3.06 bits per heavy atom. The van der Waals surface area contributed by atoms with Crippen LogP contribution in [0.1, 0.15) is 52.1 Å². The lowest BCUT2D eigenvalue weighted by atomic mass is 9.94. The van der Waals surface area contributed by atoms with E-state index in [1.807, 2.05) is 38.2 Å². The zero-order valence-electron chi connectivity index (χ0n) is 20.2. The van der Waals surface area contributed by atoms with Gasteiger partial charge in [0, 0.05) is 47.2 Å². The lowest BCUT2D eigenvalue weighted by molar-refractivity contribution is 0.0897. The summed E-state index contributed by atoms with van der Waals surface area (Å²) in [6.07, 6.45) is 3.45. The Balaban J connectivity index is 1.37. The molecule has 2 aromatic heterocycles. The average Bonchev–Trinajstić information content (AvgIpc) is 3.42. The van der Waals surface area contributed by atoms with Crippen LogP contribution in [0, 0.1) is 0 Å². The zero-order valence-corrected chi connectivity index (χ0v) is 21.0. The van der Waals surface area contributed by atoms with Crippen molar-refractivity contribution in [3.8, 4) is 0 Å². The van der Waals surface area contributed by atoms with Crippen LogP contribution >= 0.6 is 11.3 Å². The quantitative estimate of drug-likeness (QED) is 0.415. The second-order valence-corrected chi connectivity index (χ2v) is 11.0. The summed E-state index contributed by atoms with van der Waals surface area (Å²) in [6.45, 7) is 7.61. The molecule has 4 N–H and O–H groups in total. The molecule has 186 valence electrons. The number of benzene rings is 1. The van der Waals surface area contributed by atoms with E-state index in [9.17, 15) is 14.7 Å². The van der Waals surface area contributed by atoms with Crippen molar-refractivity contribution in [1.82, 2.24) is 20.6 Å². The number of carbonyl (C=O) groups excluding carboxylic acids is 2. The van der Waals surface area contributed by atoms with Crippen molar-refractivity contribution in [3.63, 3.8) is 0 Å². The fraction of sp³-hybridized carbons (Fsp3) is 0.480. The number of H-pyrrole nitrogens is 1. The molecule has 9 nitrogen and oxygen atoms in total. The van der Waals surface area contributed by atoms with Crippen LogP contribution in [0.5, 0.6) is 0 Å². The summed E-state index contributed by atoms with van der Waals surface area (Å²) in [6, 6.07) is 5.39. The number of aliphatic hydroxyl groups is 1. The van der Waals surface area contributed by atoms with Crippen LogP contribution in [0.25, 0.3) is 10.9 Å². The van der Waals surface area contributed by atoms with Gasteiger partial charge in [-0.1, -0.05) is 17.4 Å². The maximum Gasteiger partial charge on any atom is 0.263 e. The Labute approximate surface area is 207 Å². The van der Waals surface area contributed by atoms with E-state index < -0.39 is 0 Å². The number of aliphatic hydroxyl groups excluding tert-OH is 1.